The molecule has 104 valence electrons. The lowest BCUT2D eigenvalue weighted by Gasteiger charge is -2.14. The Morgan fingerprint density at radius 2 is 1.75 bits per heavy atom. The van der Waals surface area contributed by atoms with E-state index in [1.165, 1.54) is 7.11 Å². The Labute approximate surface area is 119 Å². The van der Waals surface area contributed by atoms with Gasteiger partial charge in [-0.2, -0.15) is 0 Å². The topological polar surface area (TPSA) is 35.5 Å². The van der Waals surface area contributed by atoms with Crippen molar-refractivity contribution in [1.82, 2.24) is 0 Å². The summed E-state index contributed by atoms with van der Waals surface area (Å²) in [7, 11) is 1.41. The van der Waals surface area contributed by atoms with E-state index in [9.17, 15) is 4.79 Å². The van der Waals surface area contributed by atoms with Crippen LogP contribution in [0.5, 0.6) is 11.5 Å². The van der Waals surface area contributed by atoms with Crippen LogP contribution in [0.25, 0.3) is 0 Å². The Bertz CT molecular complexity index is 563. The number of hydrogen-bond acceptors (Lipinski definition) is 3. The van der Waals surface area contributed by atoms with E-state index >= 15 is 0 Å². The maximum Gasteiger partial charge on any atom is 0.313 e. The quantitative estimate of drug-likeness (QED) is 0.766. The highest BCUT2D eigenvalue weighted by Gasteiger charge is 2.19. The van der Waals surface area contributed by atoms with Crippen molar-refractivity contribution in [2.45, 2.75) is 19.3 Å². The van der Waals surface area contributed by atoms with Crippen LogP contribution in [0.3, 0.4) is 0 Å². The minimum absolute atomic E-state index is 0.218. The van der Waals surface area contributed by atoms with Crippen molar-refractivity contribution in [2.24, 2.45) is 0 Å². The van der Waals surface area contributed by atoms with Crippen LogP contribution in [-0.2, 0) is 9.53 Å². The smallest absolute Gasteiger partial charge is 0.313 e. The van der Waals surface area contributed by atoms with E-state index in [1.807, 2.05) is 61.5 Å². The molecule has 0 aliphatic rings. The molecule has 0 heterocycles. The van der Waals surface area contributed by atoms with Crippen LogP contribution in [0, 0.1) is 0 Å². The number of para-hydroxylation sites is 1. The van der Waals surface area contributed by atoms with Gasteiger partial charge in [-0.05, 0) is 36.2 Å². The van der Waals surface area contributed by atoms with Crippen molar-refractivity contribution in [2.75, 3.05) is 7.11 Å². The molecular weight excluding hydrogens is 252 g/mol. The molecule has 0 aromatic heterocycles. The van der Waals surface area contributed by atoms with Gasteiger partial charge in [0.1, 0.15) is 11.5 Å². The molecule has 0 N–H and O–H groups in total. The summed E-state index contributed by atoms with van der Waals surface area (Å²) >= 11 is 0. The van der Waals surface area contributed by atoms with Crippen molar-refractivity contribution in [3.63, 3.8) is 0 Å². The van der Waals surface area contributed by atoms with Crippen LogP contribution in [0.15, 0.2) is 54.6 Å². The first kappa shape index (κ1) is 14.1. The number of ether oxygens (including phenoxy) is 2. The highest BCUT2D eigenvalue weighted by Crippen LogP contribution is 2.27. The summed E-state index contributed by atoms with van der Waals surface area (Å²) in [5, 5.41) is 0. The molecule has 2 aromatic rings. The predicted molar refractivity (Wildman–Crippen MR) is 78.0 cm³/mol. The van der Waals surface area contributed by atoms with Crippen molar-refractivity contribution >= 4 is 5.97 Å². The summed E-state index contributed by atoms with van der Waals surface area (Å²) in [6, 6.07) is 17.1. The summed E-state index contributed by atoms with van der Waals surface area (Å²) in [6.45, 7) is 1.96. The number of benzene rings is 2. The maximum absolute atomic E-state index is 11.8. The molecule has 0 fully saturated rings. The lowest BCUT2D eigenvalue weighted by molar-refractivity contribution is -0.142. The van der Waals surface area contributed by atoms with Gasteiger partial charge in [-0.1, -0.05) is 37.3 Å². The van der Waals surface area contributed by atoms with E-state index < -0.39 is 0 Å². The standard InChI is InChI=1S/C17H18O3/c1-3-16(17(18)19-2)13-8-7-11-15(12-13)20-14-9-5-4-6-10-14/h4-12,16H,3H2,1-2H3. The molecule has 3 heteroatoms. The van der Waals surface area contributed by atoms with Gasteiger partial charge in [0.25, 0.3) is 0 Å². The Balaban J connectivity index is 2.21. The Kier molecular flexibility index (Phi) is 4.77. The number of esters is 1. The molecule has 0 bridgehead atoms. The first-order chi connectivity index (χ1) is 9.74. The van der Waals surface area contributed by atoms with Gasteiger partial charge in [0.15, 0.2) is 0 Å². The van der Waals surface area contributed by atoms with Crippen LogP contribution in [0.4, 0.5) is 0 Å². The number of hydrogen-bond donors (Lipinski definition) is 0. The average molecular weight is 270 g/mol. The molecule has 20 heavy (non-hydrogen) atoms. The lowest BCUT2D eigenvalue weighted by atomic mass is 9.96. The van der Waals surface area contributed by atoms with Gasteiger partial charge in [0, 0.05) is 0 Å². The SMILES string of the molecule is CCC(C(=O)OC)c1cccc(Oc2ccccc2)c1. The lowest BCUT2D eigenvalue weighted by Crippen LogP contribution is -2.13. The van der Waals surface area contributed by atoms with Crippen LogP contribution < -0.4 is 4.74 Å². The third kappa shape index (κ3) is 3.38. The van der Waals surface area contributed by atoms with Crippen LogP contribution in [0.1, 0.15) is 24.8 Å². The minimum atomic E-state index is -0.251. The monoisotopic (exact) mass is 270 g/mol. The zero-order valence-electron chi connectivity index (χ0n) is 11.7. The molecule has 1 atom stereocenters. The highest BCUT2D eigenvalue weighted by atomic mass is 16.5. The normalized spacial score (nSPS) is 11.7. The van der Waals surface area contributed by atoms with Gasteiger partial charge in [0.2, 0.25) is 0 Å². The van der Waals surface area contributed by atoms with Gasteiger partial charge in [0.05, 0.1) is 13.0 Å². The molecule has 0 amide bonds. The van der Waals surface area contributed by atoms with Gasteiger partial charge >= 0.3 is 5.97 Å². The third-order valence-electron chi connectivity index (χ3n) is 3.13. The van der Waals surface area contributed by atoms with Crippen LogP contribution in [0.2, 0.25) is 0 Å². The molecule has 3 nitrogen and oxygen atoms in total. The van der Waals surface area contributed by atoms with Gasteiger partial charge < -0.3 is 9.47 Å². The first-order valence-corrected chi connectivity index (χ1v) is 6.65. The van der Waals surface area contributed by atoms with Crippen molar-refractivity contribution in [3.8, 4) is 11.5 Å². The first-order valence-electron chi connectivity index (χ1n) is 6.65. The Hall–Kier alpha value is -2.29. The molecule has 2 rings (SSSR count). The van der Waals surface area contributed by atoms with E-state index in [2.05, 4.69) is 0 Å². The Morgan fingerprint density at radius 1 is 1.05 bits per heavy atom. The second-order valence-electron chi connectivity index (χ2n) is 4.47. The molecular formula is C17H18O3. The predicted octanol–water partition coefficient (Wildman–Crippen LogP) is 4.15. The summed E-state index contributed by atoms with van der Waals surface area (Å²) < 4.78 is 10.6. The molecule has 0 saturated heterocycles. The molecule has 1 unspecified atom stereocenters. The number of carbonyl (C=O) groups is 1. The number of carbonyl (C=O) groups excluding carboxylic acids is 1. The molecule has 0 spiro atoms. The van der Waals surface area contributed by atoms with E-state index in [0.717, 1.165) is 17.1 Å². The average Bonchev–Trinajstić information content (AvgIpc) is 2.49. The molecule has 2 aromatic carbocycles. The van der Waals surface area contributed by atoms with Gasteiger partial charge in [-0.15, -0.1) is 0 Å². The summed E-state index contributed by atoms with van der Waals surface area (Å²) in [4.78, 5) is 11.8. The van der Waals surface area contributed by atoms with Gasteiger partial charge in [-0.3, -0.25) is 4.79 Å². The van der Waals surface area contributed by atoms with Crippen molar-refractivity contribution in [1.29, 1.82) is 0 Å². The fraction of sp³-hybridized carbons (Fsp3) is 0.235. The summed E-state index contributed by atoms with van der Waals surface area (Å²) in [5.74, 6) is 1.02. The highest BCUT2D eigenvalue weighted by molar-refractivity contribution is 5.78. The largest absolute Gasteiger partial charge is 0.469 e. The Morgan fingerprint density at radius 3 is 2.40 bits per heavy atom. The zero-order chi connectivity index (χ0) is 14.4. The molecule has 0 saturated carbocycles. The van der Waals surface area contributed by atoms with Crippen LogP contribution in [-0.4, -0.2) is 13.1 Å². The molecule has 0 aliphatic heterocycles. The summed E-state index contributed by atoms with van der Waals surface area (Å²) in [6.07, 6.45) is 0.696. The number of methoxy groups -OCH3 is 1. The molecule has 0 radical (unpaired) electrons. The van der Waals surface area contributed by atoms with E-state index in [0.29, 0.717) is 6.42 Å². The van der Waals surface area contributed by atoms with E-state index in [4.69, 9.17) is 9.47 Å². The van der Waals surface area contributed by atoms with Gasteiger partial charge in [-0.25, -0.2) is 0 Å². The fourth-order valence-electron chi connectivity index (χ4n) is 2.10. The fourth-order valence-corrected chi connectivity index (χ4v) is 2.10. The van der Waals surface area contributed by atoms with Crippen LogP contribution >= 0.6 is 0 Å². The minimum Gasteiger partial charge on any atom is -0.469 e. The molecule has 0 aliphatic carbocycles. The summed E-state index contributed by atoms with van der Waals surface area (Å²) in [5.41, 5.74) is 0.910. The zero-order valence-corrected chi connectivity index (χ0v) is 11.7. The number of rotatable bonds is 5. The van der Waals surface area contributed by atoms with Crippen molar-refractivity contribution < 1.29 is 14.3 Å². The van der Waals surface area contributed by atoms with E-state index in [1.54, 1.807) is 0 Å². The second kappa shape index (κ2) is 6.75. The van der Waals surface area contributed by atoms with E-state index in [-0.39, 0.29) is 11.9 Å². The van der Waals surface area contributed by atoms with Crippen molar-refractivity contribution in [3.05, 3.63) is 60.2 Å². The maximum atomic E-state index is 11.8. The second-order valence-corrected chi connectivity index (χ2v) is 4.47. The third-order valence-corrected chi connectivity index (χ3v) is 3.13.